The summed E-state index contributed by atoms with van der Waals surface area (Å²) in [6.45, 7) is 0.998. The van der Waals surface area contributed by atoms with Crippen LogP contribution in [-0.4, -0.2) is 19.8 Å². The summed E-state index contributed by atoms with van der Waals surface area (Å²) in [4.78, 5) is 0. The molecule has 4 bridgehead atoms. The van der Waals surface area contributed by atoms with Crippen molar-refractivity contribution >= 4 is 15.9 Å². The fraction of sp³-hybridized carbons (Fsp3) is 0.684. The number of hydrogen-bond donors (Lipinski definition) is 1. The van der Waals surface area contributed by atoms with Gasteiger partial charge in [-0.3, -0.25) is 0 Å². The lowest BCUT2D eigenvalue weighted by molar-refractivity contribution is -0.752. The van der Waals surface area contributed by atoms with Crippen LogP contribution in [0.3, 0.4) is 0 Å². The van der Waals surface area contributed by atoms with E-state index in [1.54, 1.807) is 14.2 Å². The molecule has 0 spiro atoms. The Balaban J connectivity index is 1.52. The highest BCUT2D eigenvalue weighted by Gasteiger charge is 2.53. The van der Waals surface area contributed by atoms with Crippen LogP contribution in [0.2, 0.25) is 0 Å². The van der Waals surface area contributed by atoms with E-state index in [1.165, 1.54) is 44.1 Å². The van der Waals surface area contributed by atoms with Crippen molar-refractivity contribution in [2.24, 2.45) is 17.8 Å². The van der Waals surface area contributed by atoms with E-state index in [9.17, 15) is 0 Å². The Kier molecular flexibility index (Phi) is 4.09. The van der Waals surface area contributed by atoms with Gasteiger partial charge in [0, 0.05) is 30.9 Å². The number of quaternary nitrogens is 1. The third-order valence-electron chi connectivity index (χ3n) is 6.40. The molecule has 0 radical (unpaired) electrons. The van der Waals surface area contributed by atoms with Crippen LogP contribution in [0.4, 0.5) is 0 Å². The van der Waals surface area contributed by atoms with E-state index in [0.29, 0.717) is 5.54 Å². The van der Waals surface area contributed by atoms with Crippen LogP contribution in [-0.2, 0) is 6.54 Å². The predicted molar refractivity (Wildman–Crippen MR) is 93.8 cm³/mol. The van der Waals surface area contributed by atoms with Crippen LogP contribution >= 0.6 is 15.9 Å². The third-order valence-corrected chi connectivity index (χ3v) is 7.02. The first-order chi connectivity index (χ1) is 11.1. The second-order valence-electron chi connectivity index (χ2n) is 7.99. The number of nitrogens with two attached hydrogens (primary N) is 1. The van der Waals surface area contributed by atoms with E-state index < -0.39 is 0 Å². The van der Waals surface area contributed by atoms with Crippen molar-refractivity contribution < 1.29 is 14.8 Å². The van der Waals surface area contributed by atoms with Crippen LogP contribution in [0, 0.1) is 17.8 Å². The summed E-state index contributed by atoms with van der Waals surface area (Å²) in [6.07, 6.45) is 8.80. The minimum Gasteiger partial charge on any atom is -0.496 e. The summed E-state index contributed by atoms with van der Waals surface area (Å²) < 4.78 is 12.0. The zero-order chi connectivity index (χ0) is 16.0. The highest BCUT2D eigenvalue weighted by Crippen LogP contribution is 2.54. The number of hydrogen-bond acceptors (Lipinski definition) is 2. The van der Waals surface area contributed by atoms with Gasteiger partial charge in [0.05, 0.1) is 24.2 Å². The number of benzene rings is 1. The lowest BCUT2D eigenvalue weighted by atomic mass is 9.53. The molecule has 0 aromatic heterocycles. The topological polar surface area (TPSA) is 35.1 Å². The predicted octanol–water partition coefficient (Wildman–Crippen LogP) is 3.50. The molecule has 4 saturated carbocycles. The SMILES string of the molecule is COc1cc(OC)c(C[NH2+]C23CC4CC(CC(C4)C2)C3)cc1Br. The Labute approximate surface area is 147 Å². The second kappa shape index (κ2) is 5.96. The molecule has 0 saturated heterocycles. The fourth-order valence-electron chi connectivity index (χ4n) is 5.84. The van der Waals surface area contributed by atoms with Gasteiger partial charge in [0.1, 0.15) is 18.0 Å². The van der Waals surface area contributed by atoms with Crippen LogP contribution in [0.15, 0.2) is 16.6 Å². The van der Waals surface area contributed by atoms with Gasteiger partial charge in [-0.1, -0.05) is 0 Å². The van der Waals surface area contributed by atoms with Gasteiger partial charge in [-0.2, -0.15) is 0 Å². The van der Waals surface area contributed by atoms with E-state index >= 15 is 0 Å². The molecule has 3 nitrogen and oxygen atoms in total. The summed E-state index contributed by atoms with van der Waals surface area (Å²) in [6, 6.07) is 4.15. The maximum atomic E-state index is 5.59. The third kappa shape index (κ3) is 2.89. The van der Waals surface area contributed by atoms with Crippen molar-refractivity contribution in [3.05, 3.63) is 22.2 Å². The first-order valence-electron chi connectivity index (χ1n) is 8.85. The number of rotatable bonds is 5. The molecule has 2 N–H and O–H groups in total. The Bertz CT molecular complexity index is 566. The lowest BCUT2D eigenvalue weighted by Gasteiger charge is -2.54. The fourth-order valence-corrected chi connectivity index (χ4v) is 6.39. The Morgan fingerprint density at radius 3 is 2.09 bits per heavy atom. The minimum absolute atomic E-state index is 0.506. The van der Waals surface area contributed by atoms with Gasteiger partial charge in [0.15, 0.2) is 0 Å². The minimum atomic E-state index is 0.506. The zero-order valence-electron chi connectivity index (χ0n) is 14.1. The van der Waals surface area contributed by atoms with E-state index in [2.05, 4.69) is 27.3 Å². The maximum Gasteiger partial charge on any atom is 0.136 e. The van der Waals surface area contributed by atoms with Gasteiger partial charge < -0.3 is 14.8 Å². The molecule has 126 valence electrons. The normalized spacial score (nSPS) is 34.7. The smallest absolute Gasteiger partial charge is 0.136 e. The molecule has 0 heterocycles. The van der Waals surface area contributed by atoms with Crippen molar-refractivity contribution in [3.8, 4) is 11.5 Å². The van der Waals surface area contributed by atoms with Gasteiger partial charge >= 0.3 is 0 Å². The molecular formula is C19H27BrNO2+. The first-order valence-corrected chi connectivity index (χ1v) is 9.65. The zero-order valence-corrected chi connectivity index (χ0v) is 15.7. The van der Waals surface area contributed by atoms with Crippen LogP contribution in [0.25, 0.3) is 0 Å². The van der Waals surface area contributed by atoms with E-state index in [4.69, 9.17) is 9.47 Å². The highest BCUT2D eigenvalue weighted by molar-refractivity contribution is 9.10. The van der Waals surface area contributed by atoms with Crippen molar-refractivity contribution in [2.45, 2.75) is 50.6 Å². The molecular weight excluding hydrogens is 354 g/mol. The molecule has 4 heteroatoms. The Morgan fingerprint density at radius 2 is 1.57 bits per heavy atom. The standard InChI is InChI=1S/C19H26BrNO2/c1-22-17-7-18(23-2)16(20)6-15(17)11-21-19-8-12-3-13(9-19)5-14(4-12)10-19/h6-7,12-14,21H,3-5,8-11H2,1-2H3/p+1. The van der Waals surface area contributed by atoms with Gasteiger partial charge in [-0.15, -0.1) is 0 Å². The molecule has 0 amide bonds. The van der Waals surface area contributed by atoms with Gasteiger partial charge in [0.2, 0.25) is 0 Å². The van der Waals surface area contributed by atoms with Gasteiger partial charge in [-0.05, 0) is 59.0 Å². The molecule has 4 aliphatic rings. The van der Waals surface area contributed by atoms with E-state index in [0.717, 1.165) is 40.3 Å². The monoisotopic (exact) mass is 380 g/mol. The largest absolute Gasteiger partial charge is 0.496 e. The van der Waals surface area contributed by atoms with Crippen LogP contribution < -0.4 is 14.8 Å². The summed E-state index contributed by atoms with van der Waals surface area (Å²) in [5.74, 6) is 4.78. The van der Waals surface area contributed by atoms with E-state index in [1.807, 2.05) is 6.07 Å². The van der Waals surface area contributed by atoms with Crippen molar-refractivity contribution in [3.63, 3.8) is 0 Å². The molecule has 4 aliphatic carbocycles. The first kappa shape index (κ1) is 15.8. The molecule has 1 aromatic carbocycles. The number of halogens is 1. The molecule has 1 aromatic rings. The summed E-state index contributed by atoms with van der Waals surface area (Å²) in [7, 11) is 3.44. The Hall–Kier alpha value is -0.740. The average molecular weight is 381 g/mol. The number of methoxy groups -OCH3 is 2. The summed E-state index contributed by atoms with van der Waals surface area (Å²) >= 11 is 3.61. The van der Waals surface area contributed by atoms with Gasteiger partial charge in [-0.25, -0.2) is 0 Å². The summed E-state index contributed by atoms with van der Waals surface area (Å²) in [5.41, 5.74) is 1.77. The summed E-state index contributed by atoms with van der Waals surface area (Å²) in [5, 5.41) is 2.63. The van der Waals surface area contributed by atoms with Crippen LogP contribution in [0.5, 0.6) is 11.5 Å². The quantitative estimate of drug-likeness (QED) is 0.848. The van der Waals surface area contributed by atoms with E-state index in [-0.39, 0.29) is 0 Å². The average Bonchev–Trinajstić information content (AvgIpc) is 2.52. The molecule has 23 heavy (non-hydrogen) atoms. The van der Waals surface area contributed by atoms with Crippen molar-refractivity contribution in [1.29, 1.82) is 0 Å². The maximum absolute atomic E-state index is 5.59. The molecule has 0 atom stereocenters. The molecule has 0 unspecified atom stereocenters. The second-order valence-corrected chi connectivity index (χ2v) is 8.84. The highest BCUT2D eigenvalue weighted by atomic mass is 79.9. The molecule has 5 rings (SSSR count). The molecule has 4 fully saturated rings. The van der Waals surface area contributed by atoms with Crippen molar-refractivity contribution in [2.75, 3.05) is 14.2 Å². The van der Waals surface area contributed by atoms with Crippen molar-refractivity contribution in [1.82, 2.24) is 0 Å². The number of ether oxygens (including phenoxy) is 2. The lowest BCUT2D eigenvalue weighted by Crippen LogP contribution is -2.97. The van der Waals surface area contributed by atoms with Gasteiger partial charge in [0.25, 0.3) is 0 Å². The molecule has 0 aliphatic heterocycles. The Morgan fingerprint density at radius 1 is 1.00 bits per heavy atom. The van der Waals surface area contributed by atoms with Crippen LogP contribution in [0.1, 0.15) is 44.1 Å².